The first-order valence-electron chi connectivity index (χ1n) is 6.18. The first-order valence-corrected chi connectivity index (χ1v) is 6.18. The van der Waals surface area contributed by atoms with Crippen molar-refractivity contribution < 1.29 is 13.6 Å². The molecule has 0 spiro atoms. The molecule has 0 aromatic carbocycles. The number of H-pyrrole nitrogens is 1. The second kappa shape index (κ2) is 6.74. The summed E-state index contributed by atoms with van der Waals surface area (Å²) in [6.45, 7) is 0.437. The summed E-state index contributed by atoms with van der Waals surface area (Å²) in [7, 11) is 0. The van der Waals surface area contributed by atoms with Crippen LogP contribution in [-0.2, 0) is 6.42 Å². The van der Waals surface area contributed by atoms with Crippen molar-refractivity contribution in [2.75, 3.05) is 6.54 Å². The zero-order valence-corrected chi connectivity index (χ0v) is 10.6. The lowest BCUT2D eigenvalue weighted by Gasteiger charge is -2.02. The van der Waals surface area contributed by atoms with Gasteiger partial charge in [0, 0.05) is 18.4 Å². The molecular formula is C13H14F2N4O. The van der Waals surface area contributed by atoms with Gasteiger partial charge in [-0.2, -0.15) is 5.10 Å². The molecular weight excluding hydrogens is 266 g/mol. The van der Waals surface area contributed by atoms with Gasteiger partial charge in [0.1, 0.15) is 11.4 Å². The van der Waals surface area contributed by atoms with Gasteiger partial charge in [-0.25, -0.2) is 8.78 Å². The van der Waals surface area contributed by atoms with Gasteiger partial charge in [-0.1, -0.05) is 6.07 Å². The van der Waals surface area contributed by atoms with Crippen LogP contribution in [0, 0.1) is 0 Å². The molecule has 2 aromatic heterocycles. The van der Waals surface area contributed by atoms with Crippen LogP contribution in [0.2, 0.25) is 0 Å². The fourth-order valence-electron chi connectivity index (χ4n) is 1.67. The summed E-state index contributed by atoms with van der Waals surface area (Å²) in [6.07, 6.45) is 0.510. The molecule has 0 aliphatic heterocycles. The summed E-state index contributed by atoms with van der Waals surface area (Å²) < 4.78 is 24.7. The molecule has 2 rings (SSSR count). The summed E-state index contributed by atoms with van der Waals surface area (Å²) in [5.41, 5.74) is 0.559. The highest BCUT2D eigenvalue weighted by Gasteiger charge is 2.15. The van der Waals surface area contributed by atoms with E-state index in [1.165, 1.54) is 0 Å². The molecule has 106 valence electrons. The van der Waals surface area contributed by atoms with E-state index in [1.807, 2.05) is 18.2 Å². The van der Waals surface area contributed by atoms with Gasteiger partial charge in [0.2, 0.25) is 0 Å². The monoisotopic (exact) mass is 280 g/mol. The average Bonchev–Trinajstić information content (AvgIpc) is 2.94. The number of hydrogen-bond donors (Lipinski definition) is 2. The predicted molar refractivity (Wildman–Crippen MR) is 68.4 cm³/mol. The molecule has 0 aliphatic rings. The molecule has 2 heterocycles. The zero-order chi connectivity index (χ0) is 14.4. The number of pyridine rings is 1. The Labute approximate surface area is 114 Å². The minimum Gasteiger partial charge on any atom is -0.351 e. The maximum absolute atomic E-state index is 12.3. The largest absolute Gasteiger partial charge is 0.351 e. The third kappa shape index (κ3) is 3.84. The maximum atomic E-state index is 12.3. The summed E-state index contributed by atoms with van der Waals surface area (Å²) in [5, 5.41) is 8.30. The molecule has 0 bridgehead atoms. The topological polar surface area (TPSA) is 70.7 Å². The minimum absolute atomic E-state index is 0.0295. The number of nitrogens with one attached hydrogen (secondary N) is 2. The first kappa shape index (κ1) is 14.1. The lowest BCUT2D eigenvalue weighted by Crippen LogP contribution is -2.25. The Morgan fingerprint density at radius 3 is 2.90 bits per heavy atom. The molecule has 1 amide bonds. The summed E-state index contributed by atoms with van der Waals surface area (Å²) >= 11 is 0. The van der Waals surface area contributed by atoms with E-state index in [0.29, 0.717) is 6.54 Å². The molecule has 0 radical (unpaired) electrons. The molecule has 5 nitrogen and oxygen atoms in total. The van der Waals surface area contributed by atoms with Gasteiger partial charge in [-0.05, 0) is 31.0 Å². The number of rotatable bonds is 6. The van der Waals surface area contributed by atoms with Crippen LogP contribution in [0.15, 0.2) is 30.5 Å². The van der Waals surface area contributed by atoms with Crippen LogP contribution in [0.4, 0.5) is 8.78 Å². The van der Waals surface area contributed by atoms with Crippen molar-refractivity contribution >= 4 is 5.91 Å². The summed E-state index contributed by atoms with van der Waals surface area (Å²) in [6, 6.07) is 6.70. The Kier molecular flexibility index (Phi) is 4.75. The normalized spacial score (nSPS) is 10.8. The molecule has 7 heteroatoms. The number of carbonyl (C=O) groups is 1. The van der Waals surface area contributed by atoms with Crippen LogP contribution in [0.25, 0.3) is 0 Å². The van der Waals surface area contributed by atoms with Crippen molar-refractivity contribution in [3.05, 3.63) is 47.5 Å². The van der Waals surface area contributed by atoms with Crippen LogP contribution in [0.3, 0.4) is 0 Å². The molecule has 2 aromatic rings. The lowest BCUT2D eigenvalue weighted by atomic mass is 10.2. The van der Waals surface area contributed by atoms with Crippen LogP contribution in [0.1, 0.15) is 34.7 Å². The van der Waals surface area contributed by atoms with E-state index in [9.17, 15) is 13.6 Å². The van der Waals surface area contributed by atoms with E-state index in [1.54, 1.807) is 6.20 Å². The third-order valence-corrected chi connectivity index (χ3v) is 2.69. The van der Waals surface area contributed by atoms with Crippen LogP contribution >= 0.6 is 0 Å². The van der Waals surface area contributed by atoms with Gasteiger partial charge < -0.3 is 5.32 Å². The fourth-order valence-corrected chi connectivity index (χ4v) is 1.67. The average molecular weight is 280 g/mol. The SMILES string of the molecule is O=C(NCCCc1ccccn1)c1cc(C(F)F)[nH]n1. The lowest BCUT2D eigenvalue weighted by molar-refractivity contribution is 0.0948. The molecule has 0 fully saturated rings. The van der Waals surface area contributed by atoms with E-state index in [4.69, 9.17) is 0 Å². The van der Waals surface area contributed by atoms with Crippen molar-refractivity contribution in [1.82, 2.24) is 20.5 Å². The number of amides is 1. The number of nitrogens with zero attached hydrogens (tertiary/aromatic N) is 2. The van der Waals surface area contributed by atoms with E-state index in [2.05, 4.69) is 20.5 Å². The Balaban J connectivity index is 1.75. The van der Waals surface area contributed by atoms with Gasteiger partial charge >= 0.3 is 0 Å². The zero-order valence-electron chi connectivity index (χ0n) is 10.6. The predicted octanol–water partition coefficient (Wildman–Crippen LogP) is 2.10. The smallest absolute Gasteiger partial charge is 0.279 e. The van der Waals surface area contributed by atoms with Crippen molar-refractivity contribution in [3.8, 4) is 0 Å². The second-order valence-corrected chi connectivity index (χ2v) is 4.19. The molecule has 0 aliphatic carbocycles. The van der Waals surface area contributed by atoms with Crippen molar-refractivity contribution in [1.29, 1.82) is 0 Å². The standard InChI is InChI=1S/C13H14F2N4O/c14-12(15)10-8-11(19-18-10)13(20)17-7-3-5-9-4-1-2-6-16-9/h1-2,4,6,8,12H,3,5,7H2,(H,17,20)(H,18,19). The number of hydrogen-bond acceptors (Lipinski definition) is 3. The summed E-state index contributed by atoms with van der Waals surface area (Å²) in [4.78, 5) is 15.8. The van der Waals surface area contributed by atoms with E-state index in [-0.39, 0.29) is 11.4 Å². The molecule has 2 N–H and O–H groups in total. The van der Waals surface area contributed by atoms with Gasteiger partial charge in [0.15, 0.2) is 0 Å². The fraction of sp³-hybridized carbons (Fsp3) is 0.308. The van der Waals surface area contributed by atoms with E-state index in [0.717, 1.165) is 24.6 Å². The number of aromatic amines is 1. The number of carbonyl (C=O) groups excluding carboxylic acids is 1. The quantitative estimate of drug-likeness (QED) is 0.796. The van der Waals surface area contributed by atoms with Crippen LogP contribution in [-0.4, -0.2) is 27.6 Å². The first-order chi connectivity index (χ1) is 9.66. The Morgan fingerprint density at radius 2 is 2.25 bits per heavy atom. The van der Waals surface area contributed by atoms with E-state index < -0.39 is 12.3 Å². The Morgan fingerprint density at radius 1 is 1.40 bits per heavy atom. The van der Waals surface area contributed by atoms with Gasteiger partial charge in [-0.15, -0.1) is 0 Å². The third-order valence-electron chi connectivity index (χ3n) is 2.69. The highest BCUT2D eigenvalue weighted by atomic mass is 19.3. The molecule has 0 saturated heterocycles. The molecule has 20 heavy (non-hydrogen) atoms. The highest BCUT2D eigenvalue weighted by Crippen LogP contribution is 2.16. The number of aryl methyl sites for hydroxylation is 1. The molecule has 0 atom stereocenters. The maximum Gasteiger partial charge on any atom is 0.279 e. The van der Waals surface area contributed by atoms with Gasteiger partial charge in [0.05, 0.1) is 0 Å². The second-order valence-electron chi connectivity index (χ2n) is 4.19. The van der Waals surface area contributed by atoms with Crippen LogP contribution in [0.5, 0.6) is 0 Å². The molecule has 0 saturated carbocycles. The Bertz CT molecular complexity index is 557. The van der Waals surface area contributed by atoms with Crippen molar-refractivity contribution in [2.45, 2.75) is 19.3 Å². The van der Waals surface area contributed by atoms with E-state index >= 15 is 0 Å². The highest BCUT2D eigenvalue weighted by molar-refractivity contribution is 5.92. The van der Waals surface area contributed by atoms with Crippen molar-refractivity contribution in [3.63, 3.8) is 0 Å². The van der Waals surface area contributed by atoms with Gasteiger partial charge in [-0.3, -0.25) is 14.9 Å². The number of alkyl halides is 2. The Hall–Kier alpha value is -2.31. The minimum atomic E-state index is -2.66. The molecule has 0 unspecified atom stereocenters. The van der Waals surface area contributed by atoms with Gasteiger partial charge in [0.25, 0.3) is 12.3 Å². The van der Waals surface area contributed by atoms with Crippen LogP contribution < -0.4 is 5.32 Å². The summed E-state index contributed by atoms with van der Waals surface area (Å²) in [5.74, 6) is -0.464. The number of halogens is 2. The van der Waals surface area contributed by atoms with Crippen molar-refractivity contribution in [2.24, 2.45) is 0 Å². The number of aromatic nitrogens is 3.